The van der Waals surface area contributed by atoms with Crippen molar-refractivity contribution in [3.8, 4) is 0 Å². The van der Waals surface area contributed by atoms with E-state index in [1.165, 1.54) is 17.4 Å². The van der Waals surface area contributed by atoms with E-state index in [1.54, 1.807) is 0 Å². The Kier molecular flexibility index (Phi) is 4.51. The van der Waals surface area contributed by atoms with Crippen LogP contribution in [-0.2, 0) is 16.0 Å². The summed E-state index contributed by atoms with van der Waals surface area (Å²) >= 11 is 1.30. The Bertz CT molecular complexity index is 886. The quantitative estimate of drug-likeness (QED) is 0.789. The fourth-order valence-corrected chi connectivity index (χ4v) is 6.37. The molecule has 0 atom stereocenters. The van der Waals surface area contributed by atoms with Crippen LogP contribution in [0.2, 0.25) is 0 Å². The van der Waals surface area contributed by atoms with E-state index in [0.29, 0.717) is 41.3 Å². The Hall–Kier alpha value is -1.35. The van der Waals surface area contributed by atoms with E-state index in [9.17, 15) is 21.6 Å². The predicted molar refractivity (Wildman–Crippen MR) is 93.9 cm³/mol. The summed E-state index contributed by atoms with van der Waals surface area (Å²) in [4.78, 5) is 6.24. The number of halogens is 3. The molecule has 1 aliphatic heterocycles. The van der Waals surface area contributed by atoms with Gasteiger partial charge in [0, 0.05) is 13.1 Å². The third-order valence-corrected chi connectivity index (χ3v) is 8.87. The van der Waals surface area contributed by atoms with Gasteiger partial charge in [0.25, 0.3) is 0 Å². The number of hydrogen-bond acceptors (Lipinski definition) is 5. The largest absolute Gasteiger partial charge is 0.416 e. The molecule has 1 aromatic heterocycles. The molecule has 4 nitrogen and oxygen atoms in total. The summed E-state index contributed by atoms with van der Waals surface area (Å²) in [6, 6.07) is 3.52. The number of aromatic nitrogens is 1. The van der Waals surface area contributed by atoms with Crippen LogP contribution in [0.25, 0.3) is 10.2 Å². The van der Waals surface area contributed by atoms with Crippen molar-refractivity contribution in [2.45, 2.75) is 37.6 Å². The summed E-state index contributed by atoms with van der Waals surface area (Å²) in [6.07, 6.45) is -3.40. The van der Waals surface area contributed by atoms with Crippen LogP contribution in [0.15, 0.2) is 18.2 Å². The topological polar surface area (TPSA) is 50.3 Å². The van der Waals surface area contributed by atoms with Crippen molar-refractivity contribution < 1.29 is 21.6 Å². The molecule has 1 aliphatic rings. The molecule has 0 amide bonds. The normalized spacial score (nSPS) is 20.1. The zero-order valence-corrected chi connectivity index (χ0v) is 15.6. The molecule has 3 rings (SSSR count). The summed E-state index contributed by atoms with van der Waals surface area (Å²) in [5.74, 6) is 0.0401. The van der Waals surface area contributed by atoms with Crippen molar-refractivity contribution >= 4 is 36.5 Å². The van der Waals surface area contributed by atoms with Crippen LogP contribution in [0.5, 0.6) is 0 Å². The van der Waals surface area contributed by atoms with Gasteiger partial charge in [0.2, 0.25) is 0 Å². The maximum absolute atomic E-state index is 12.9. The molecule has 0 radical (unpaired) electrons. The number of nitrogens with zero attached hydrogens (tertiary/aromatic N) is 2. The summed E-state index contributed by atoms with van der Waals surface area (Å²) in [7, 11) is -3.20. The van der Waals surface area contributed by atoms with E-state index in [4.69, 9.17) is 0 Å². The molecule has 138 valence electrons. The maximum atomic E-state index is 12.9. The number of rotatable bonds is 3. The van der Waals surface area contributed by atoms with Gasteiger partial charge in [0.15, 0.2) is 15.0 Å². The lowest BCUT2D eigenvalue weighted by Crippen LogP contribution is -2.55. The third-order valence-electron chi connectivity index (χ3n) is 5.03. The monoisotopic (exact) mass is 392 g/mol. The molecular formula is C16H19F3N2O2S2. The Labute approximate surface area is 148 Å². The lowest BCUT2D eigenvalue weighted by atomic mass is 10.0. The molecule has 1 fully saturated rings. The van der Waals surface area contributed by atoms with E-state index in [2.05, 4.69) is 4.98 Å². The second kappa shape index (κ2) is 6.12. The molecule has 0 bridgehead atoms. The highest BCUT2D eigenvalue weighted by atomic mass is 32.2. The molecule has 0 spiro atoms. The number of thiazole rings is 1. The van der Waals surface area contributed by atoms with E-state index in [1.807, 2.05) is 18.7 Å². The third kappa shape index (κ3) is 3.12. The fraction of sp³-hybridized carbons (Fsp3) is 0.562. The van der Waals surface area contributed by atoms with Gasteiger partial charge in [-0.15, -0.1) is 0 Å². The standard InChI is InChI=1S/C16H19F3N2O2S2/c1-3-15(4-2)10-21(7-8-25(15,22)23)14-20-12-9-11(16(17,18)19)5-6-13(12)24-14/h5-6,9H,3-4,7-8,10H2,1-2H3. The van der Waals surface area contributed by atoms with E-state index < -0.39 is 26.3 Å². The Balaban J connectivity index is 1.97. The van der Waals surface area contributed by atoms with Crippen molar-refractivity contribution in [3.05, 3.63) is 23.8 Å². The molecule has 0 aliphatic carbocycles. The minimum Gasteiger partial charge on any atom is -0.345 e. The lowest BCUT2D eigenvalue weighted by Gasteiger charge is -2.41. The molecule has 1 aromatic carbocycles. The van der Waals surface area contributed by atoms with Crippen LogP contribution < -0.4 is 4.90 Å². The smallest absolute Gasteiger partial charge is 0.345 e. The molecule has 9 heteroatoms. The summed E-state index contributed by atoms with van der Waals surface area (Å²) in [6.45, 7) is 4.36. The van der Waals surface area contributed by atoms with Gasteiger partial charge >= 0.3 is 6.18 Å². The maximum Gasteiger partial charge on any atom is 0.416 e. The zero-order valence-electron chi connectivity index (χ0n) is 13.9. The van der Waals surface area contributed by atoms with Gasteiger partial charge in [0.05, 0.1) is 26.3 Å². The molecule has 2 heterocycles. The molecule has 0 unspecified atom stereocenters. The van der Waals surface area contributed by atoms with Crippen LogP contribution in [0.4, 0.5) is 18.3 Å². The van der Waals surface area contributed by atoms with Gasteiger partial charge in [-0.3, -0.25) is 0 Å². The number of fused-ring (bicyclic) bond motifs is 1. The second-order valence-corrected chi connectivity index (χ2v) is 9.82. The van der Waals surface area contributed by atoms with Gasteiger partial charge in [-0.2, -0.15) is 13.2 Å². The van der Waals surface area contributed by atoms with Crippen molar-refractivity contribution in [2.24, 2.45) is 0 Å². The van der Waals surface area contributed by atoms with Crippen LogP contribution >= 0.6 is 11.3 Å². The van der Waals surface area contributed by atoms with E-state index in [0.717, 1.165) is 12.1 Å². The highest BCUT2D eigenvalue weighted by molar-refractivity contribution is 7.92. The number of hydrogen-bond donors (Lipinski definition) is 0. The lowest BCUT2D eigenvalue weighted by molar-refractivity contribution is -0.137. The van der Waals surface area contributed by atoms with Crippen molar-refractivity contribution in [3.63, 3.8) is 0 Å². The first-order chi connectivity index (χ1) is 11.6. The van der Waals surface area contributed by atoms with Gasteiger partial charge in [-0.05, 0) is 31.0 Å². The summed E-state index contributed by atoms with van der Waals surface area (Å²) in [5.41, 5.74) is -0.434. The van der Waals surface area contributed by atoms with E-state index >= 15 is 0 Å². The zero-order chi connectivity index (χ0) is 18.5. The second-order valence-electron chi connectivity index (χ2n) is 6.31. The number of anilines is 1. The molecule has 2 aromatic rings. The predicted octanol–water partition coefficient (Wildman–Crippen LogP) is 4.11. The SMILES string of the molecule is CCC1(CC)CN(c2nc3cc(C(F)(F)F)ccc3s2)CCS1(=O)=O. The number of alkyl halides is 3. The van der Waals surface area contributed by atoms with Gasteiger partial charge in [-0.1, -0.05) is 25.2 Å². The van der Waals surface area contributed by atoms with Crippen LogP contribution in [0, 0.1) is 0 Å². The van der Waals surface area contributed by atoms with Crippen molar-refractivity contribution in [1.29, 1.82) is 0 Å². The average molecular weight is 392 g/mol. The first-order valence-electron chi connectivity index (χ1n) is 8.07. The average Bonchev–Trinajstić information content (AvgIpc) is 2.97. The molecule has 25 heavy (non-hydrogen) atoms. The molecule has 1 saturated heterocycles. The highest BCUT2D eigenvalue weighted by Crippen LogP contribution is 2.38. The summed E-state index contributed by atoms with van der Waals surface area (Å²) < 4.78 is 63.4. The number of benzene rings is 1. The minimum absolute atomic E-state index is 0.0401. The minimum atomic E-state index is -4.41. The van der Waals surface area contributed by atoms with Crippen LogP contribution in [-0.4, -0.2) is 37.0 Å². The van der Waals surface area contributed by atoms with Crippen LogP contribution in [0.1, 0.15) is 32.3 Å². The fourth-order valence-electron chi connectivity index (χ4n) is 3.28. The summed E-state index contributed by atoms with van der Waals surface area (Å²) in [5, 5.41) is 0.579. The Morgan fingerprint density at radius 2 is 1.96 bits per heavy atom. The molecule has 0 N–H and O–H groups in total. The molecular weight excluding hydrogens is 373 g/mol. The Morgan fingerprint density at radius 1 is 1.28 bits per heavy atom. The highest BCUT2D eigenvalue weighted by Gasteiger charge is 2.45. The van der Waals surface area contributed by atoms with Crippen molar-refractivity contribution in [1.82, 2.24) is 4.98 Å². The van der Waals surface area contributed by atoms with Gasteiger partial charge < -0.3 is 4.90 Å². The van der Waals surface area contributed by atoms with Crippen LogP contribution in [0.3, 0.4) is 0 Å². The van der Waals surface area contributed by atoms with Gasteiger partial charge in [-0.25, -0.2) is 13.4 Å². The van der Waals surface area contributed by atoms with Crippen molar-refractivity contribution in [2.75, 3.05) is 23.7 Å². The van der Waals surface area contributed by atoms with E-state index in [-0.39, 0.29) is 5.75 Å². The first-order valence-corrected chi connectivity index (χ1v) is 10.5. The number of sulfone groups is 1. The first kappa shape index (κ1) is 18.4. The Morgan fingerprint density at radius 3 is 2.56 bits per heavy atom. The molecule has 0 saturated carbocycles. The van der Waals surface area contributed by atoms with Gasteiger partial charge in [0.1, 0.15) is 0 Å².